The standard InChI is InChI=1S/C17H20ClN3O3/c1-12-9-20(10-13(2)24-12)17(22)15-7-8-21(19-15)11-23-16-6-4-3-5-14(16)18/h3-8,12-13H,9-11H2,1-2H3/t12-,13-/m0/s1. The summed E-state index contributed by atoms with van der Waals surface area (Å²) < 4.78 is 12.8. The third-order valence-electron chi connectivity index (χ3n) is 3.76. The number of aromatic nitrogens is 2. The van der Waals surface area contributed by atoms with Crippen molar-refractivity contribution in [2.24, 2.45) is 0 Å². The number of para-hydroxylation sites is 1. The van der Waals surface area contributed by atoms with Gasteiger partial charge in [0.2, 0.25) is 0 Å². The summed E-state index contributed by atoms with van der Waals surface area (Å²) in [6.07, 6.45) is 1.78. The van der Waals surface area contributed by atoms with E-state index in [-0.39, 0.29) is 24.8 Å². The number of carbonyl (C=O) groups is 1. The van der Waals surface area contributed by atoms with Crippen LogP contribution in [0.25, 0.3) is 0 Å². The average Bonchev–Trinajstić information content (AvgIpc) is 3.01. The Morgan fingerprint density at radius 2 is 2.00 bits per heavy atom. The number of ether oxygens (including phenoxy) is 2. The Bertz CT molecular complexity index is 709. The van der Waals surface area contributed by atoms with Crippen LogP contribution in [0.2, 0.25) is 5.02 Å². The molecule has 0 unspecified atom stereocenters. The lowest BCUT2D eigenvalue weighted by Gasteiger charge is -2.34. The molecule has 1 saturated heterocycles. The normalized spacial score (nSPS) is 20.9. The topological polar surface area (TPSA) is 56.6 Å². The van der Waals surface area contributed by atoms with E-state index >= 15 is 0 Å². The summed E-state index contributed by atoms with van der Waals surface area (Å²) in [5, 5.41) is 4.84. The molecule has 1 aliphatic rings. The van der Waals surface area contributed by atoms with Gasteiger partial charge in [-0.3, -0.25) is 4.79 Å². The number of morpholine rings is 1. The van der Waals surface area contributed by atoms with Crippen LogP contribution in [-0.4, -0.2) is 45.9 Å². The molecule has 7 heteroatoms. The average molecular weight is 350 g/mol. The highest BCUT2D eigenvalue weighted by Gasteiger charge is 2.27. The van der Waals surface area contributed by atoms with Gasteiger partial charge in [-0.1, -0.05) is 23.7 Å². The van der Waals surface area contributed by atoms with E-state index in [1.807, 2.05) is 26.0 Å². The van der Waals surface area contributed by atoms with Crippen molar-refractivity contribution in [1.29, 1.82) is 0 Å². The number of halogens is 1. The molecule has 128 valence electrons. The summed E-state index contributed by atoms with van der Waals surface area (Å²) >= 11 is 6.05. The van der Waals surface area contributed by atoms with Gasteiger partial charge in [-0.15, -0.1) is 0 Å². The molecule has 0 aliphatic carbocycles. The molecule has 0 N–H and O–H groups in total. The molecular formula is C17H20ClN3O3. The van der Waals surface area contributed by atoms with Crippen molar-refractivity contribution in [3.8, 4) is 5.75 Å². The summed E-state index contributed by atoms with van der Waals surface area (Å²) in [5.74, 6) is 0.492. The molecule has 0 spiro atoms. The molecule has 1 aliphatic heterocycles. The van der Waals surface area contributed by atoms with Crippen LogP contribution < -0.4 is 4.74 Å². The Morgan fingerprint density at radius 1 is 1.29 bits per heavy atom. The molecule has 6 nitrogen and oxygen atoms in total. The number of amides is 1. The minimum absolute atomic E-state index is 0.0309. The third-order valence-corrected chi connectivity index (χ3v) is 4.07. The van der Waals surface area contributed by atoms with Crippen LogP contribution in [-0.2, 0) is 11.5 Å². The zero-order valence-corrected chi connectivity index (χ0v) is 14.4. The van der Waals surface area contributed by atoms with Crippen LogP contribution >= 0.6 is 11.6 Å². The zero-order chi connectivity index (χ0) is 17.1. The van der Waals surface area contributed by atoms with E-state index in [0.29, 0.717) is 29.6 Å². The predicted octanol–water partition coefficient (Wildman–Crippen LogP) is 2.82. The van der Waals surface area contributed by atoms with Gasteiger partial charge in [0.1, 0.15) is 5.75 Å². The fourth-order valence-corrected chi connectivity index (χ4v) is 2.94. The van der Waals surface area contributed by atoms with Crippen LogP contribution in [0.5, 0.6) is 5.75 Å². The third kappa shape index (κ3) is 3.88. The molecule has 2 atom stereocenters. The highest BCUT2D eigenvalue weighted by Crippen LogP contribution is 2.23. The maximum Gasteiger partial charge on any atom is 0.274 e. The largest absolute Gasteiger partial charge is 0.470 e. The monoisotopic (exact) mass is 349 g/mol. The highest BCUT2D eigenvalue weighted by molar-refractivity contribution is 6.32. The smallest absolute Gasteiger partial charge is 0.274 e. The maximum absolute atomic E-state index is 12.6. The maximum atomic E-state index is 12.6. The fourth-order valence-electron chi connectivity index (χ4n) is 2.75. The molecule has 0 bridgehead atoms. The zero-order valence-electron chi connectivity index (χ0n) is 13.7. The van der Waals surface area contributed by atoms with Crippen molar-refractivity contribution in [3.63, 3.8) is 0 Å². The van der Waals surface area contributed by atoms with E-state index in [1.54, 1.807) is 34.0 Å². The van der Waals surface area contributed by atoms with E-state index in [9.17, 15) is 4.79 Å². The van der Waals surface area contributed by atoms with Gasteiger partial charge in [0.05, 0.1) is 17.2 Å². The van der Waals surface area contributed by atoms with Gasteiger partial charge in [0.25, 0.3) is 5.91 Å². The molecule has 3 rings (SSSR count). The van der Waals surface area contributed by atoms with Gasteiger partial charge < -0.3 is 14.4 Å². The molecule has 24 heavy (non-hydrogen) atoms. The van der Waals surface area contributed by atoms with Crippen LogP contribution in [0.4, 0.5) is 0 Å². The van der Waals surface area contributed by atoms with E-state index in [1.165, 1.54) is 0 Å². The second-order valence-electron chi connectivity index (χ2n) is 5.91. The van der Waals surface area contributed by atoms with Crippen molar-refractivity contribution < 1.29 is 14.3 Å². The van der Waals surface area contributed by atoms with Gasteiger partial charge in [0, 0.05) is 19.3 Å². The Kier molecular flexibility index (Phi) is 5.06. The highest BCUT2D eigenvalue weighted by atomic mass is 35.5. The van der Waals surface area contributed by atoms with Gasteiger partial charge in [-0.25, -0.2) is 4.68 Å². The number of carbonyl (C=O) groups excluding carboxylic acids is 1. The summed E-state index contributed by atoms with van der Waals surface area (Å²) in [6.45, 7) is 5.27. The van der Waals surface area contributed by atoms with Crippen molar-refractivity contribution in [3.05, 3.63) is 47.2 Å². The Morgan fingerprint density at radius 3 is 2.71 bits per heavy atom. The van der Waals surface area contributed by atoms with Crippen LogP contribution in [0, 0.1) is 0 Å². The first-order chi connectivity index (χ1) is 11.5. The molecule has 1 aromatic heterocycles. The van der Waals surface area contributed by atoms with Crippen LogP contribution in [0.1, 0.15) is 24.3 Å². The van der Waals surface area contributed by atoms with E-state index in [0.717, 1.165) is 0 Å². The summed E-state index contributed by atoms with van der Waals surface area (Å²) in [5.41, 5.74) is 0.402. The number of benzene rings is 1. The molecule has 0 radical (unpaired) electrons. The minimum Gasteiger partial charge on any atom is -0.470 e. The summed E-state index contributed by atoms with van der Waals surface area (Å²) in [6, 6.07) is 8.93. The lowest BCUT2D eigenvalue weighted by atomic mass is 10.2. The van der Waals surface area contributed by atoms with E-state index < -0.39 is 0 Å². The summed E-state index contributed by atoms with van der Waals surface area (Å²) in [4.78, 5) is 14.3. The molecule has 0 saturated carbocycles. The van der Waals surface area contributed by atoms with Crippen molar-refractivity contribution >= 4 is 17.5 Å². The molecule has 1 amide bonds. The molecule has 2 aromatic rings. The fraction of sp³-hybridized carbons (Fsp3) is 0.412. The van der Waals surface area contributed by atoms with Crippen molar-refractivity contribution in [2.45, 2.75) is 32.8 Å². The number of hydrogen-bond donors (Lipinski definition) is 0. The molecule has 1 fully saturated rings. The van der Waals surface area contributed by atoms with Gasteiger partial charge in [-0.2, -0.15) is 5.10 Å². The minimum atomic E-state index is -0.0894. The van der Waals surface area contributed by atoms with Crippen LogP contribution in [0.3, 0.4) is 0 Å². The van der Waals surface area contributed by atoms with Crippen molar-refractivity contribution in [1.82, 2.24) is 14.7 Å². The number of nitrogens with zero attached hydrogens (tertiary/aromatic N) is 3. The molecular weight excluding hydrogens is 330 g/mol. The van der Waals surface area contributed by atoms with Crippen molar-refractivity contribution in [2.75, 3.05) is 13.1 Å². The second kappa shape index (κ2) is 7.23. The Labute approximate surface area is 145 Å². The van der Waals surface area contributed by atoms with Gasteiger partial charge in [0.15, 0.2) is 12.4 Å². The first kappa shape index (κ1) is 16.8. The molecule has 1 aromatic carbocycles. The lowest BCUT2D eigenvalue weighted by Crippen LogP contribution is -2.48. The van der Waals surface area contributed by atoms with E-state index in [4.69, 9.17) is 21.1 Å². The van der Waals surface area contributed by atoms with Gasteiger partial charge in [-0.05, 0) is 32.0 Å². The first-order valence-electron chi connectivity index (χ1n) is 7.88. The van der Waals surface area contributed by atoms with Gasteiger partial charge >= 0.3 is 0 Å². The SMILES string of the molecule is C[C@H]1CN(C(=O)c2ccn(COc3ccccc3Cl)n2)C[C@H](C)O1. The second-order valence-corrected chi connectivity index (χ2v) is 6.32. The predicted molar refractivity (Wildman–Crippen MR) is 90.2 cm³/mol. The quantitative estimate of drug-likeness (QED) is 0.851. The van der Waals surface area contributed by atoms with E-state index in [2.05, 4.69) is 5.10 Å². The molecule has 2 heterocycles. The first-order valence-corrected chi connectivity index (χ1v) is 8.26. The lowest BCUT2D eigenvalue weighted by molar-refractivity contribution is -0.0587. The van der Waals surface area contributed by atoms with Crippen LogP contribution in [0.15, 0.2) is 36.5 Å². The number of hydrogen-bond acceptors (Lipinski definition) is 4. The number of rotatable bonds is 4. The summed E-state index contributed by atoms with van der Waals surface area (Å²) in [7, 11) is 0. The Balaban J connectivity index is 1.62. The Hall–Kier alpha value is -2.05.